The Bertz CT molecular complexity index is 360. The van der Waals surface area contributed by atoms with Crippen LogP contribution in [0, 0.1) is 0 Å². The van der Waals surface area contributed by atoms with Gasteiger partial charge < -0.3 is 24.6 Å². The lowest BCUT2D eigenvalue weighted by atomic mass is 10.1. The molecule has 2 fully saturated rings. The quantitative estimate of drug-likeness (QED) is 0.700. The molecule has 1 amide bonds. The highest BCUT2D eigenvalue weighted by molar-refractivity contribution is 5.83. The van der Waals surface area contributed by atoms with E-state index in [-0.39, 0.29) is 24.7 Å². The van der Waals surface area contributed by atoms with Crippen LogP contribution in [0.3, 0.4) is 0 Å². The SMILES string of the molecule is CC1COC(CO)CN1C(=O)[C@@H]1CC[C@H](C(=O)O)O1. The van der Waals surface area contributed by atoms with Gasteiger partial charge in [0.25, 0.3) is 5.91 Å². The molecule has 2 unspecified atom stereocenters. The van der Waals surface area contributed by atoms with Gasteiger partial charge in [0.2, 0.25) is 0 Å². The number of morpholine rings is 1. The van der Waals surface area contributed by atoms with Gasteiger partial charge in [-0.15, -0.1) is 0 Å². The summed E-state index contributed by atoms with van der Waals surface area (Å²) in [7, 11) is 0. The highest BCUT2D eigenvalue weighted by Gasteiger charge is 2.39. The molecule has 4 atom stereocenters. The van der Waals surface area contributed by atoms with Crippen LogP contribution in [-0.4, -0.2) is 71.1 Å². The molecule has 7 heteroatoms. The number of ether oxygens (including phenoxy) is 2. The lowest BCUT2D eigenvalue weighted by Gasteiger charge is -2.38. The van der Waals surface area contributed by atoms with Crippen molar-refractivity contribution in [3.63, 3.8) is 0 Å². The van der Waals surface area contributed by atoms with Gasteiger partial charge >= 0.3 is 5.97 Å². The number of hydrogen-bond donors (Lipinski definition) is 2. The Labute approximate surface area is 111 Å². The molecule has 0 aliphatic carbocycles. The van der Waals surface area contributed by atoms with E-state index in [0.29, 0.717) is 26.0 Å². The van der Waals surface area contributed by atoms with Crippen molar-refractivity contribution in [2.24, 2.45) is 0 Å². The van der Waals surface area contributed by atoms with E-state index in [0.717, 1.165) is 0 Å². The zero-order valence-electron chi connectivity index (χ0n) is 10.8. The van der Waals surface area contributed by atoms with Crippen molar-refractivity contribution in [3.05, 3.63) is 0 Å². The Morgan fingerprint density at radius 2 is 2.00 bits per heavy atom. The molecule has 2 aliphatic heterocycles. The number of aliphatic hydroxyl groups excluding tert-OH is 1. The standard InChI is InChI=1S/C12H19NO6/c1-7-6-18-8(5-14)4-13(7)11(15)9-2-3-10(19-9)12(16)17/h7-10,14H,2-6H2,1H3,(H,16,17)/t7?,8?,9-,10+/m0/s1. The first-order valence-corrected chi connectivity index (χ1v) is 6.44. The Morgan fingerprint density at radius 1 is 1.32 bits per heavy atom. The fourth-order valence-electron chi connectivity index (χ4n) is 2.42. The fraction of sp³-hybridized carbons (Fsp3) is 0.833. The van der Waals surface area contributed by atoms with E-state index in [1.54, 1.807) is 4.90 Å². The summed E-state index contributed by atoms with van der Waals surface area (Å²) in [5, 5.41) is 17.9. The molecule has 2 heterocycles. The van der Waals surface area contributed by atoms with Gasteiger partial charge in [-0.2, -0.15) is 0 Å². The van der Waals surface area contributed by atoms with Crippen molar-refractivity contribution in [2.45, 2.75) is 44.1 Å². The van der Waals surface area contributed by atoms with Gasteiger partial charge in [-0.3, -0.25) is 4.79 Å². The molecule has 2 saturated heterocycles. The Kier molecular flexibility index (Phi) is 4.38. The van der Waals surface area contributed by atoms with E-state index in [1.807, 2.05) is 6.92 Å². The van der Waals surface area contributed by atoms with Gasteiger partial charge in [-0.25, -0.2) is 4.79 Å². The summed E-state index contributed by atoms with van der Waals surface area (Å²) in [6.07, 6.45) is -1.19. The van der Waals surface area contributed by atoms with Crippen molar-refractivity contribution in [2.75, 3.05) is 19.8 Å². The summed E-state index contributed by atoms with van der Waals surface area (Å²) in [6, 6.07) is -0.0946. The van der Waals surface area contributed by atoms with Gasteiger partial charge in [-0.1, -0.05) is 0 Å². The van der Waals surface area contributed by atoms with Crippen LogP contribution >= 0.6 is 0 Å². The third-order valence-corrected chi connectivity index (χ3v) is 3.56. The Morgan fingerprint density at radius 3 is 2.58 bits per heavy atom. The van der Waals surface area contributed by atoms with E-state index >= 15 is 0 Å². The number of hydrogen-bond acceptors (Lipinski definition) is 5. The molecule has 0 spiro atoms. The van der Waals surface area contributed by atoms with Crippen LogP contribution in [-0.2, 0) is 19.1 Å². The van der Waals surface area contributed by atoms with Crippen LogP contribution in [0.2, 0.25) is 0 Å². The molecule has 2 aliphatic rings. The second-order valence-corrected chi connectivity index (χ2v) is 5.01. The van der Waals surface area contributed by atoms with Crippen molar-refractivity contribution < 1.29 is 29.3 Å². The number of carbonyl (C=O) groups excluding carboxylic acids is 1. The first-order chi connectivity index (χ1) is 9.02. The fourth-order valence-corrected chi connectivity index (χ4v) is 2.42. The molecule has 7 nitrogen and oxygen atoms in total. The molecule has 0 aromatic heterocycles. The zero-order chi connectivity index (χ0) is 14.0. The van der Waals surface area contributed by atoms with E-state index in [1.165, 1.54) is 0 Å². The van der Waals surface area contributed by atoms with Crippen LogP contribution in [0.25, 0.3) is 0 Å². The average Bonchev–Trinajstić information content (AvgIpc) is 2.88. The van der Waals surface area contributed by atoms with Crippen molar-refractivity contribution in [3.8, 4) is 0 Å². The van der Waals surface area contributed by atoms with Crippen LogP contribution in [0.15, 0.2) is 0 Å². The van der Waals surface area contributed by atoms with Crippen molar-refractivity contribution in [1.82, 2.24) is 4.90 Å². The molecule has 2 N–H and O–H groups in total. The minimum atomic E-state index is -1.03. The Hall–Kier alpha value is -1.18. The highest BCUT2D eigenvalue weighted by Crippen LogP contribution is 2.23. The van der Waals surface area contributed by atoms with E-state index in [2.05, 4.69) is 0 Å². The summed E-state index contributed by atoms with van der Waals surface area (Å²) in [6.45, 7) is 2.40. The topological polar surface area (TPSA) is 96.3 Å². The number of aliphatic carboxylic acids is 1. The van der Waals surface area contributed by atoms with Gasteiger partial charge in [0.1, 0.15) is 6.10 Å². The van der Waals surface area contributed by atoms with Crippen molar-refractivity contribution in [1.29, 1.82) is 0 Å². The molecule has 2 rings (SSSR count). The average molecular weight is 273 g/mol. The maximum Gasteiger partial charge on any atom is 0.332 e. The van der Waals surface area contributed by atoms with Crippen LogP contribution in [0.1, 0.15) is 19.8 Å². The smallest absolute Gasteiger partial charge is 0.332 e. The summed E-state index contributed by atoms with van der Waals surface area (Å²) in [4.78, 5) is 24.7. The summed E-state index contributed by atoms with van der Waals surface area (Å²) < 4.78 is 10.6. The minimum absolute atomic E-state index is 0.0946. The molecular formula is C12H19NO6. The molecule has 0 radical (unpaired) electrons. The number of rotatable bonds is 3. The predicted molar refractivity (Wildman–Crippen MR) is 63.5 cm³/mol. The third kappa shape index (κ3) is 3.05. The van der Waals surface area contributed by atoms with Crippen LogP contribution in [0.4, 0.5) is 0 Å². The molecule has 0 aromatic carbocycles. The second-order valence-electron chi connectivity index (χ2n) is 5.01. The number of nitrogens with zero attached hydrogens (tertiary/aromatic N) is 1. The molecule has 0 bridgehead atoms. The number of carboxylic acid groups (broad SMARTS) is 1. The van der Waals surface area contributed by atoms with Crippen LogP contribution < -0.4 is 0 Å². The van der Waals surface area contributed by atoms with Crippen molar-refractivity contribution >= 4 is 11.9 Å². The molecule has 108 valence electrons. The number of amides is 1. The molecular weight excluding hydrogens is 254 g/mol. The summed E-state index contributed by atoms with van der Waals surface area (Å²) in [5.74, 6) is -1.24. The first kappa shape index (κ1) is 14.2. The van der Waals surface area contributed by atoms with E-state index in [9.17, 15) is 9.59 Å². The monoisotopic (exact) mass is 273 g/mol. The van der Waals surface area contributed by atoms with Gasteiger partial charge in [0, 0.05) is 6.54 Å². The second kappa shape index (κ2) is 5.85. The number of carbonyl (C=O) groups is 2. The molecule has 0 saturated carbocycles. The zero-order valence-corrected chi connectivity index (χ0v) is 10.8. The lowest BCUT2D eigenvalue weighted by Crippen LogP contribution is -2.54. The highest BCUT2D eigenvalue weighted by atomic mass is 16.5. The lowest BCUT2D eigenvalue weighted by molar-refractivity contribution is -0.162. The molecule has 19 heavy (non-hydrogen) atoms. The van der Waals surface area contributed by atoms with Gasteiger partial charge in [0.15, 0.2) is 6.10 Å². The number of carboxylic acids is 1. The van der Waals surface area contributed by atoms with Gasteiger partial charge in [-0.05, 0) is 19.8 Å². The normalized spacial score (nSPS) is 35.4. The van der Waals surface area contributed by atoms with Gasteiger partial charge in [0.05, 0.1) is 25.4 Å². The third-order valence-electron chi connectivity index (χ3n) is 3.56. The maximum absolute atomic E-state index is 12.3. The first-order valence-electron chi connectivity index (χ1n) is 6.44. The molecule has 0 aromatic rings. The Balaban J connectivity index is 1.97. The van der Waals surface area contributed by atoms with E-state index < -0.39 is 18.2 Å². The minimum Gasteiger partial charge on any atom is -0.479 e. The van der Waals surface area contributed by atoms with Crippen LogP contribution in [0.5, 0.6) is 0 Å². The maximum atomic E-state index is 12.3. The largest absolute Gasteiger partial charge is 0.479 e. The van der Waals surface area contributed by atoms with E-state index in [4.69, 9.17) is 19.7 Å². The number of aliphatic hydroxyl groups is 1. The predicted octanol–water partition coefficient (Wildman–Crippen LogP) is -0.773. The summed E-state index contributed by atoms with van der Waals surface area (Å²) in [5.41, 5.74) is 0. The summed E-state index contributed by atoms with van der Waals surface area (Å²) >= 11 is 0.